The van der Waals surface area contributed by atoms with Crippen molar-refractivity contribution in [3.63, 3.8) is 0 Å². The maximum atomic E-state index is 12.6. The van der Waals surface area contributed by atoms with Crippen LogP contribution >= 0.6 is 15.9 Å². The second-order valence-electron chi connectivity index (χ2n) is 5.02. The van der Waals surface area contributed by atoms with Gasteiger partial charge in [-0.05, 0) is 42.8 Å². The van der Waals surface area contributed by atoms with Gasteiger partial charge in [-0.3, -0.25) is 4.79 Å². The number of aryl methyl sites for hydroxylation is 1. The maximum Gasteiger partial charge on any atom is 0.194 e. The van der Waals surface area contributed by atoms with Gasteiger partial charge in [-0.15, -0.1) is 0 Å². The van der Waals surface area contributed by atoms with Crippen molar-refractivity contribution in [2.24, 2.45) is 0 Å². The number of hydrogen-bond donors (Lipinski definition) is 0. The standard InChI is InChI=1S/C17H15BrO3/c1-11-3-5-13(14(18)9-11)17(19)12-4-6-15-16(10-12)21-8-2-7-20-15/h3-6,9-10H,2,7-8H2,1H3. The second-order valence-corrected chi connectivity index (χ2v) is 5.88. The highest BCUT2D eigenvalue weighted by Crippen LogP contribution is 2.32. The van der Waals surface area contributed by atoms with Crippen LogP contribution in [0.25, 0.3) is 0 Å². The minimum atomic E-state index is -0.0301. The zero-order chi connectivity index (χ0) is 14.8. The van der Waals surface area contributed by atoms with Gasteiger partial charge in [0.2, 0.25) is 0 Å². The van der Waals surface area contributed by atoms with Crippen LogP contribution in [0.15, 0.2) is 40.9 Å². The molecule has 0 fully saturated rings. The number of hydrogen-bond acceptors (Lipinski definition) is 3. The van der Waals surface area contributed by atoms with E-state index in [0.717, 1.165) is 16.5 Å². The van der Waals surface area contributed by atoms with Gasteiger partial charge < -0.3 is 9.47 Å². The number of ether oxygens (including phenoxy) is 2. The quantitative estimate of drug-likeness (QED) is 0.766. The molecule has 1 aliphatic rings. The lowest BCUT2D eigenvalue weighted by Crippen LogP contribution is -2.03. The third-order valence-corrected chi connectivity index (χ3v) is 4.04. The molecule has 0 aromatic heterocycles. The highest BCUT2D eigenvalue weighted by molar-refractivity contribution is 9.10. The van der Waals surface area contributed by atoms with E-state index in [1.165, 1.54) is 0 Å². The average Bonchev–Trinajstić information content (AvgIpc) is 2.71. The van der Waals surface area contributed by atoms with Crippen LogP contribution in [0.5, 0.6) is 11.5 Å². The lowest BCUT2D eigenvalue weighted by molar-refractivity contribution is 0.103. The summed E-state index contributed by atoms with van der Waals surface area (Å²) in [5.41, 5.74) is 2.36. The van der Waals surface area contributed by atoms with Gasteiger partial charge in [-0.2, -0.15) is 0 Å². The molecule has 0 aliphatic carbocycles. The van der Waals surface area contributed by atoms with E-state index in [2.05, 4.69) is 15.9 Å². The summed E-state index contributed by atoms with van der Waals surface area (Å²) in [6, 6.07) is 11.1. The fourth-order valence-corrected chi connectivity index (χ4v) is 2.94. The van der Waals surface area contributed by atoms with Crippen molar-refractivity contribution in [1.29, 1.82) is 0 Å². The summed E-state index contributed by atoms with van der Waals surface area (Å²) >= 11 is 3.46. The van der Waals surface area contributed by atoms with Gasteiger partial charge in [-0.1, -0.05) is 22.0 Å². The van der Waals surface area contributed by atoms with E-state index in [1.54, 1.807) is 18.2 Å². The Morgan fingerprint density at radius 2 is 1.81 bits per heavy atom. The summed E-state index contributed by atoms with van der Waals surface area (Å²) in [6.07, 6.45) is 0.849. The summed E-state index contributed by atoms with van der Waals surface area (Å²) in [5, 5.41) is 0. The maximum absolute atomic E-state index is 12.6. The van der Waals surface area contributed by atoms with Crippen LogP contribution in [0.4, 0.5) is 0 Å². The largest absolute Gasteiger partial charge is 0.490 e. The molecule has 2 aromatic carbocycles. The Labute approximate surface area is 132 Å². The van der Waals surface area contributed by atoms with Crippen molar-refractivity contribution in [3.05, 3.63) is 57.6 Å². The van der Waals surface area contributed by atoms with Crippen molar-refractivity contribution in [3.8, 4) is 11.5 Å². The molecule has 0 saturated heterocycles. The van der Waals surface area contributed by atoms with Crippen LogP contribution < -0.4 is 9.47 Å². The molecule has 3 nitrogen and oxygen atoms in total. The Morgan fingerprint density at radius 3 is 2.57 bits per heavy atom. The molecule has 3 rings (SSSR count). The third kappa shape index (κ3) is 2.95. The van der Waals surface area contributed by atoms with E-state index < -0.39 is 0 Å². The Morgan fingerprint density at radius 1 is 1.05 bits per heavy atom. The lowest BCUT2D eigenvalue weighted by atomic mass is 10.0. The zero-order valence-electron chi connectivity index (χ0n) is 11.7. The highest BCUT2D eigenvalue weighted by atomic mass is 79.9. The molecule has 0 unspecified atom stereocenters. The number of carbonyl (C=O) groups is 1. The zero-order valence-corrected chi connectivity index (χ0v) is 13.3. The van der Waals surface area contributed by atoms with E-state index >= 15 is 0 Å². The SMILES string of the molecule is Cc1ccc(C(=O)c2ccc3c(c2)OCCCO3)c(Br)c1. The van der Waals surface area contributed by atoms with Crippen molar-refractivity contribution in [1.82, 2.24) is 0 Å². The second kappa shape index (κ2) is 5.90. The molecule has 0 atom stereocenters. The Balaban J connectivity index is 1.96. The first-order valence-electron chi connectivity index (χ1n) is 6.85. The summed E-state index contributed by atoms with van der Waals surface area (Å²) in [5.74, 6) is 1.31. The third-order valence-electron chi connectivity index (χ3n) is 3.38. The van der Waals surface area contributed by atoms with Gasteiger partial charge in [0.25, 0.3) is 0 Å². The van der Waals surface area contributed by atoms with Gasteiger partial charge in [0.15, 0.2) is 17.3 Å². The van der Waals surface area contributed by atoms with Gasteiger partial charge >= 0.3 is 0 Å². The number of benzene rings is 2. The minimum absolute atomic E-state index is 0.0301. The Kier molecular flexibility index (Phi) is 3.97. The minimum Gasteiger partial charge on any atom is -0.490 e. The van der Waals surface area contributed by atoms with Crippen LogP contribution in [0, 0.1) is 6.92 Å². The molecule has 0 N–H and O–H groups in total. The molecule has 21 heavy (non-hydrogen) atoms. The van der Waals surface area contributed by atoms with Crippen molar-refractivity contribution in [2.45, 2.75) is 13.3 Å². The predicted molar refractivity (Wildman–Crippen MR) is 84.4 cm³/mol. The molecule has 0 radical (unpaired) electrons. The lowest BCUT2D eigenvalue weighted by Gasteiger charge is -2.10. The van der Waals surface area contributed by atoms with Gasteiger partial charge in [-0.25, -0.2) is 0 Å². The first-order chi connectivity index (χ1) is 10.1. The van der Waals surface area contributed by atoms with Crippen LogP contribution in [0.1, 0.15) is 27.9 Å². The molecule has 0 saturated carbocycles. The number of halogens is 1. The first kappa shape index (κ1) is 14.1. The summed E-state index contributed by atoms with van der Waals surface area (Å²) < 4.78 is 12.0. The summed E-state index contributed by atoms with van der Waals surface area (Å²) in [7, 11) is 0. The van der Waals surface area contributed by atoms with Crippen LogP contribution in [0.2, 0.25) is 0 Å². The van der Waals surface area contributed by atoms with Crippen LogP contribution in [-0.4, -0.2) is 19.0 Å². The summed E-state index contributed by atoms with van der Waals surface area (Å²) in [6.45, 7) is 3.25. The molecule has 1 aliphatic heterocycles. The Hall–Kier alpha value is -1.81. The molecule has 4 heteroatoms. The molecule has 2 aromatic rings. The van der Waals surface area contributed by atoms with Gasteiger partial charge in [0.05, 0.1) is 13.2 Å². The fraction of sp³-hybridized carbons (Fsp3) is 0.235. The van der Waals surface area contributed by atoms with Gasteiger partial charge in [0, 0.05) is 22.0 Å². The summed E-state index contributed by atoms with van der Waals surface area (Å²) in [4.78, 5) is 12.6. The smallest absolute Gasteiger partial charge is 0.194 e. The molecule has 0 bridgehead atoms. The van der Waals surface area contributed by atoms with Crippen molar-refractivity contribution in [2.75, 3.05) is 13.2 Å². The van der Waals surface area contributed by atoms with E-state index in [1.807, 2.05) is 25.1 Å². The number of rotatable bonds is 2. The molecule has 0 spiro atoms. The highest BCUT2D eigenvalue weighted by Gasteiger charge is 2.17. The Bertz CT molecular complexity index is 694. The van der Waals surface area contributed by atoms with E-state index in [4.69, 9.17) is 9.47 Å². The topological polar surface area (TPSA) is 35.5 Å². The predicted octanol–water partition coefficient (Wildman–Crippen LogP) is 4.15. The number of fused-ring (bicyclic) bond motifs is 1. The van der Waals surface area contributed by atoms with Crippen LogP contribution in [-0.2, 0) is 0 Å². The molecule has 108 valence electrons. The molecule has 1 heterocycles. The van der Waals surface area contributed by atoms with E-state index in [0.29, 0.717) is 35.8 Å². The fourth-order valence-electron chi connectivity index (χ4n) is 2.26. The van der Waals surface area contributed by atoms with Crippen LogP contribution in [0.3, 0.4) is 0 Å². The number of carbonyl (C=O) groups excluding carboxylic acids is 1. The average molecular weight is 347 g/mol. The molecular formula is C17H15BrO3. The van der Waals surface area contributed by atoms with Gasteiger partial charge in [0.1, 0.15) is 0 Å². The molecular weight excluding hydrogens is 332 g/mol. The normalized spacial score (nSPS) is 13.6. The van der Waals surface area contributed by atoms with E-state index in [-0.39, 0.29) is 5.78 Å². The monoisotopic (exact) mass is 346 g/mol. The number of ketones is 1. The van der Waals surface area contributed by atoms with Crippen molar-refractivity contribution >= 4 is 21.7 Å². The van der Waals surface area contributed by atoms with Crippen molar-refractivity contribution < 1.29 is 14.3 Å². The molecule has 0 amide bonds. The van der Waals surface area contributed by atoms with E-state index in [9.17, 15) is 4.79 Å². The first-order valence-corrected chi connectivity index (χ1v) is 7.65.